The Bertz CT molecular complexity index is 753. The van der Waals surface area contributed by atoms with E-state index in [4.69, 9.17) is 9.15 Å². The fourth-order valence-electron chi connectivity index (χ4n) is 2.81. The zero-order valence-electron chi connectivity index (χ0n) is 16.9. The fourth-order valence-corrected chi connectivity index (χ4v) is 2.81. The minimum absolute atomic E-state index is 0.193. The fraction of sp³-hybridized carbons (Fsp3) is 0.476. The van der Waals surface area contributed by atoms with E-state index in [-0.39, 0.29) is 12.5 Å². The average Bonchev–Trinajstić information content (AvgIpc) is 3.11. The maximum absolute atomic E-state index is 10.7. The van der Waals surface area contributed by atoms with Gasteiger partial charge >= 0.3 is 0 Å². The summed E-state index contributed by atoms with van der Waals surface area (Å²) < 4.78 is 11.0. The summed E-state index contributed by atoms with van der Waals surface area (Å²) in [7, 11) is 1.68. The molecule has 0 fully saturated rings. The van der Waals surface area contributed by atoms with Crippen LogP contribution in [0.2, 0.25) is 0 Å². The maximum Gasteiger partial charge on any atom is 0.191 e. The summed E-state index contributed by atoms with van der Waals surface area (Å²) in [6, 6.07) is 11.6. The van der Waals surface area contributed by atoms with Crippen LogP contribution in [0.1, 0.15) is 43.8 Å². The van der Waals surface area contributed by atoms with Crippen LogP contribution in [0.25, 0.3) is 0 Å². The number of hydrogen-bond acceptors (Lipinski definition) is 4. The van der Waals surface area contributed by atoms with Crippen molar-refractivity contribution >= 4 is 5.96 Å². The van der Waals surface area contributed by atoms with Crippen molar-refractivity contribution in [2.75, 3.05) is 26.7 Å². The van der Waals surface area contributed by atoms with E-state index in [0.717, 1.165) is 23.6 Å². The predicted molar refractivity (Wildman–Crippen MR) is 108 cm³/mol. The van der Waals surface area contributed by atoms with Gasteiger partial charge in [-0.25, -0.2) is 4.99 Å². The van der Waals surface area contributed by atoms with Crippen molar-refractivity contribution in [2.24, 2.45) is 4.99 Å². The Morgan fingerprint density at radius 1 is 1.26 bits per heavy atom. The predicted octanol–water partition coefficient (Wildman–Crippen LogP) is 3.16. The molecule has 0 saturated carbocycles. The average molecular weight is 373 g/mol. The molecule has 2 atom stereocenters. The third kappa shape index (κ3) is 5.76. The Kier molecular flexibility index (Phi) is 7.30. The summed E-state index contributed by atoms with van der Waals surface area (Å²) in [6.45, 7) is 9.32. The number of aliphatic hydroxyl groups is 1. The number of guanidine groups is 1. The minimum atomic E-state index is -1.16. The molecule has 2 unspecified atom stereocenters. The van der Waals surface area contributed by atoms with Crippen LogP contribution in [-0.2, 0) is 5.60 Å². The normalized spacial score (nSPS) is 15.1. The van der Waals surface area contributed by atoms with Gasteiger partial charge in [0.1, 0.15) is 22.9 Å². The number of methoxy groups -OCH3 is 1. The van der Waals surface area contributed by atoms with Gasteiger partial charge in [-0.2, -0.15) is 0 Å². The van der Waals surface area contributed by atoms with E-state index in [1.54, 1.807) is 20.1 Å². The molecule has 6 heteroatoms. The van der Waals surface area contributed by atoms with Crippen molar-refractivity contribution in [3.8, 4) is 5.75 Å². The summed E-state index contributed by atoms with van der Waals surface area (Å²) in [4.78, 5) is 4.53. The Labute approximate surface area is 161 Å². The van der Waals surface area contributed by atoms with Gasteiger partial charge in [0.2, 0.25) is 0 Å². The quantitative estimate of drug-likeness (QED) is 0.489. The number of nitrogens with zero attached hydrogens (tertiary/aromatic N) is 1. The van der Waals surface area contributed by atoms with E-state index in [0.29, 0.717) is 18.3 Å². The zero-order chi connectivity index (χ0) is 19.9. The molecule has 1 aromatic carbocycles. The molecule has 0 radical (unpaired) electrons. The first kappa shape index (κ1) is 20.8. The monoisotopic (exact) mass is 373 g/mol. The van der Waals surface area contributed by atoms with Crippen molar-refractivity contribution in [1.82, 2.24) is 10.6 Å². The first-order chi connectivity index (χ1) is 12.9. The van der Waals surface area contributed by atoms with Gasteiger partial charge in [0.15, 0.2) is 5.96 Å². The maximum atomic E-state index is 10.7. The van der Waals surface area contributed by atoms with E-state index >= 15 is 0 Å². The number of aryl methyl sites for hydroxylation is 1. The summed E-state index contributed by atoms with van der Waals surface area (Å²) in [5.74, 6) is 3.05. The number of hydrogen-bond donors (Lipinski definition) is 3. The van der Waals surface area contributed by atoms with Gasteiger partial charge in [-0.05, 0) is 44.5 Å². The van der Waals surface area contributed by atoms with Crippen LogP contribution in [0.15, 0.2) is 45.8 Å². The van der Waals surface area contributed by atoms with Crippen LogP contribution in [0.4, 0.5) is 0 Å². The molecule has 1 heterocycles. The van der Waals surface area contributed by atoms with Crippen LogP contribution in [0.5, 0.6) is 5.75 Å². The molecule has 1 aromatic heterocycles. The third-order valence-electron chi connectivity index (χ3n) is 4.41. The number of ether oxygens (including phenoxy) is 1. The number of para-hydroxylation sites is 1. The highest BCUT2D eigenvalue weighted by Crippen LogP contribution is 2.25. The Hall–Kier alpha value is -2.47. The molecule has 2 rings (SSSR count). The SMILES string of the molecule is CCNC(=NCC(C)(O)c1ccc(C)o1)NCC(C)c1ccccc1OC. The molecule has 148 valence electrons. The molecular weight excluding hydrogens is 342 g/mol. The summed E-state index contributed by atoms with van der Waals surface area (Å²) in [6.07, 6.45) is 0. The molecule has 3 N–H and O–H groups in total. The zero-order valence-corrected chi connectivity index (χ0v) is 16.9. The Balaban J connectivity index is 2.03. The lowest BCUT2D eigenvalue weighted by Gasteiger charge is -2.21. The number of nitrogens with one attached hydrogen (secondary N) is 2. The molecule has 0 saturated heterocycles. The number of benzene rings is 1. The van der Waals surface area contributed by atoms with Crippen LogP contribution in [0, 0.1) is 6.92 Å². The van der Waals surface area contributed by atoms with Crippen molar-refractivity contribution in [3.63, 3.8) is 0 Å². The molecule has 6 nitrogen and oxygen atoms in total. The second kappa shape index (κ2) is 9.46. The van der Waals surface area contributed by atoms with Crippen molar-refractivity contribution in [2.45, 2.75) is 39.2 Å². The second-order valence-electron chi connectivity index (χ2n) is 6.90. The van der Waals surface area contributed by atoms with E-state index < -0.39 is 5.60 Å². The van der Waals surface area contributed by atoms with E-state index in [9.17, 15) is 5.11 Å². The van der Waals surface area contributed by atoms with Crippen molar-refractivity contribution in [1.29, 1.82) is 0 Å². The van der Waals surface area contributed by atoms with Gasteiger partial charge in [-0.3, -0.25) is 0 Å². The van der Waals surface area contributed by atoms with E-state index in [1.165, 1.54) is 0 Å². The van der Waals surface area contributed by atoms with Crippen molar-refractivity contribution in [3.05, 3.63) is 53.5 Å². The summed E-state index contributed by atoms with van der Waals surface area (Å²) in [5, 5.41) is 17.2. The highest BCUT2D eigenvalue weighted by atomic mass is 16.5. The lowest BCUT2D eigenvalue weighted by molar-refractivity contribution is 0.0428. The van der Waals surface area contributed by atoms with Gasteiger partial charge in [-0.15, -0.1) is 0 Å². The Morgan fingerprint density at radius 2 is 2.00 bits per heavy atom. The molecular formula is C21H31N3O3. The van der Waals surface area contributed by atoms with E-state index in [1.807, 2.05) is 38.1 Å². The molecule has 0 amide bonds. The first-order valence-electron chi connectivity index (χ1n) is 9.31. The van der Waals surface area contributed by atoms with Gasteiger partial charge in [0, 0.05) is 19.0 Å². The minimum Gasteiger partial charge on any atom is -0.496 e. The second-order valence-corrected chi connectivity index (χ2v) is 6.90. The van der Waals surface area contributed by atoms with Crippen LogP contribution in [0.3, 0.4) is 0 Å². The molecule has 0 aliphatic carbocycles. The van der Waals surface area contributed by atoms with Crippen molar-refractivity contribution < 1.29 is 14.3 Å². The van der Waals surface area contributed by atoms with Crippen LogP contribution < -0.4 is 15.4 Å². The largest absolute Gasteiger partial charge is 0.496 e. The highest BCUT2D eigenvalue weighted by molar-refractivity contribution is 5.79. The molecule has 27 heavy (non-hydrogen) atoms. The van der Waals surface area contributed by atoms with Gasteiger partial charge < -0.3 is 24.9 Å². The van der Waals surface area contributed by atoms with E-state index in [2.05, 4.69) is 28.6 Å². The summed E-state index contributed by atoms with van der Waals surface area (Å²) >= 11 is 0. The molecule has 0 aliphatic heterocycles. The number of rotatable bonds is 8. The lowest BCUT2D eigenvalue weighted by Crippen LogP contribution is -2.40. The molecule has 2 aromatic rings. The standard InChI is InChI=1S/C21H31N3O3/c1-6-22-20(24-14-21(4,25)19-12-11-16(3)27-19)23-13-15(2)17-9-7-8-10-18(17)26-5/h7-12,15,25H,6,13-14H2,1-5H3,(H2,22,23,24). The number of aliphatic imine (C=N–C) groups is 1. The Morgan fingerprint density at radius 3 is 2.63 bits per heavy atom. The lowest BCUT2D eigenvalue weighted by atomic mass is 10.0. The third-order valence-corrected chi connectivity index (χ3v) is 4.41. The van der Waals surface area contributed by atoms with Gasteiger partial charge in [-0.1, -0.05) is 25.1 Å². The van der Waals surface area contributed by atoms with Crippen LogP contribution in [-0.4, -0.2) is 37.8 Å². The van der Waals surface area contributed by atoms with Gasteiger partial charge in [0.25, 0.3) is 0 Å². The molecule has 0 bridgehead atoms. The van der Waals surface area contributed by atoms with Crippen LogP contribution >= 0.6 is 0 Å². The highest BCUT2D eigenvalue weighted by Gasteiger charge is 2.26. The summed E-state index contributed by atoms with van der Waals surface area (Å²) in [5.41, 5.74) is -0.0216. The molecule has 0 aliphatic rings. The topological polar surface area (TPSA) is 79.0 Å². The number of furan rings is 1. The smallest absolute Gasteiger partial charge is 0.191 e. The first-order valence-corrected chi connectivity index (χ1v) is 9.31. The van der Waals surface area contributed by atoms with Gasteiger partial charge in [0.05, 0.1) is 13.7 Å². The molecule has 0 spiro atoms.